The lowest BCUT2D eigenvalue weighted by molar-refractivity contribution is 0.102. The summed E-state index contributed by atoms with van der Waals surface area (Å²) in [5.74, 6) is 1.34. The fraction of sp³-hybridized carbons (Fsp3) is 0.130. The molecule has 0 saturated heterocycles. The van der Waals surface area contributed by atoms with Crippen molar-refractivity contribution in [2.75, 3.05) is 19.5 Å². The number of carbonyl (C=O) groups excluding carboxylic acids is 1. The van der Waals surface area contributed by atoms with Gasteiger partial charge in [-0.05, 0) is 48.9 Å². The van der Waals surface area contributed by atoms with E-state index in [1.165, 1.54) is 0 Å². The normalized spacial score (nSPS) is 10.7. The number of fused-ring (bicyclic) bond motifs is 1. The van der Waals surface area contributed by atoms with Crippen molar-refractivity contribution in [2.24, 2.45) is 0 Å². The Bertz CT molecular complexity index is 1140. The molecule has 1 amide bonds. The van der Waals surface area contributed by atoms with Gasteiger partial charge in [-0.25, -0.2) is 4.98 Å². The van der Waals surface area contributed by atoms with Gasteiger partial charge in [0, 0.05) is 22.9 Å². The fourth-order valence-electron chi connectivity index (χ4n) is 3.02. The zero-order chi connectivity index (χ0) is 20.4. The van der Waals surface area contributed by atoms with E-state index in [1.807, 2.05) is 49.4 Å². The summed E-state index contributed by atoms with van der Waals surface area (Å²) in [5, 5.41) is 2.95. The second-order valence-corrected chi connectivity index (χ2v) is 6.57. The molecule has 0 aliphatic carbocycles. The van der Waals surface area contributed by atoms with Gasteiger partial charge in [0.05, 0.1) is 14.2 Å². The molecular weight excluding hydrogens is 368 g/mol. The minimum Gasteiger partial charge on any atom is -0.497 e. The molecule has 0 spiro atoms. The number of nitrogens with one attached hydrogen (secondary N) is 1. The number of aromatic nitrogens is 1. The Morgan fingerprint density at radius 1 is 0.966 bits per heavy atom. The van der Waals surface area contributed by atoms with Crippen LogP contribution in [-0.2, 0) is 0 Å². The summed E-state index contributed by atoms with van der Waals surface area (Å²) < 4.78 is 16.3. The molecule has 0 saturated carbocycles. The number of anilines is 1. The van der Waals surface area contributed by atoms with Crippen LogP contribution in [0.1, 0.15) is 15.9 Å². The van der Waals surface area contributed by atoms with Crippen LogP contribution in [0, 0.1) is 6.92 Å². The van der Waals surface area contributed by atoms with Crippen LogP contribution in [0.5, 0.6) is 11.5 Å². The van der Waals surface area contributed by atoms with E-state index in [0.29, 0.717) is 28.6 Å². The number of rotatable bonds is 5. The quantitative estimate of drug-likeness (QED) is 0.516. The second-order valence-electron chi connectivity index (χ2n) is 6.57. The molecule has 3 aromatic carbocycles. The van der Waals surface area contributed by atoms with Crippen LogP contribution in [0.15, 0.2) is 65.1 Å². The lowest BCUT2D eigenvalue weighted by atomic mass is 10.1. The molecule has 6 nitrogen and oxygen atoms in total. The number of oxazole rings is 1. The zero-order valence-electron chi connectivity index (χ0n) is 16.4. The van der Waals surface area contributed by atoms with E-state index >= 15 is 0 Å². The first-order valence-corrected chi connectivity index (χ1v) is 9.08. The summed E-state index contributed by atoms with van der Waals surface area (Å²) in [6.45, 7) is 1.93. The molecule has 1 heterocycles. The summed E-state index contributed by atoms with van der Waals surface area (Å²) >= 11 is 0. The third kappa shape index (κ3) is 3.78. The van der Waals surface area contributed by atoms with Gasteiger partial charge in [0.1, 0.15) is 17.0 Å². The molecule has 0 bridgehead atoms. The highest BCUT2D eigenvalue weighted by atomic mass is 16.5. The molecular formula is C23H20N2O4. The summed E-state index contributed by atoms with van der Waals surface area (Å²) in [5.41, 5.74) is 4.33. The van der Waals surface area contributed by atoms with E-state index in [9.17, 15) is 4.79 Å². The molecule has 1 aromatic heterocycles. The maximum Gasteiger partial charge on any atom is 0.255 e. The lowest BCUT2D eigenvalue weighted by Crippen LogP contribution is -2.13. The summed E-state index contributed by atoms with van der Waals surface area (Å²) in [6.07, 6.45) is 0. The molecule has 0 atom stereocenters. The van der Waals surface area contributed by atoms with Gasteiger partial charge >= 0.3 is 0 Å². The Morgan fingerprint density at radius 3 is 2.38 bits per heavy atom. The van der Waals surface area contributed by atoms with Crippen molar-refractivity contribution in [3.05, 3.63) is 71.8 Å². The van der Waals surface area contributed by atoms with Gasteiger partial charge in [-0.2, -0.15) is 0 Å². The molecule has 4 rings (SSSR count). The van der Waals surface area contributed by atoms with Crippen molar-refractivity contribution >= 4 is 22.7 Å². The maximum absolute atomic E-state index is 12.8. The van der Waals surface area contributed by atoms with E-state index < -0.39 is 0 Å². The third-order valence-corrected chi connectivity index (χ3v) is 4.64. The predicted molar refractivity (Wildman–Crippen MR) is 112 cm³/mol. The monoisotopic (exact) mass is 388 g/mol. The highest BCUT2D eigenvalue weighted by Gasteiger charge is 2.14. The standard InChI is InChI=1S/C23H20N2O4/c1-14-8-9-15(23-25-19-6-4-5-7-21(19)29-23)12-20(14)24-22(26)16-10-17(27-2)13-18(11-16)28-3/h4-13H,1-3H3,(H,24,26). The number of aryl methyl sites for hydroxylation is 1. The van der Waals surface area contributed by atoms with Crippen LogP contribution < -0.4 is 14.8 Å². The van der Waals surface area contributed by atoms with E-state index in [4.69, 9.17) is 13.9 Å². The summed E-state index contributed by atoms with van der Waals surface area (Å²) in [7, 11) is 3.09. The number of hydrogen-bond acceptors (Lipinski definition) is 5. The zero-order valence-corrected chi connectivity index (χ0v) is 16.4. The average molecular weight is 388 g/mol. The Morgan fingerprint density at radius 2 is 1.69 bits per heavy atom. The lowest BCUT2D eigenvalue weighted by Gasteiger charge is -2.11. The van der Waals surface area contributed by atoms with Gasteiger partial charge in [-0.3, -0.25) is 4.79 Å². The van der Waals surface area contributed by atoms with E-state index in [1.54, 1.807) is 32.4 Å². The van der Waals surface area contributed by atoms with Crippen LogP contribution in [0.2, 0.25) is 0 Å². The predicted octanol–water partition coefficient (Wildman–Crippen LogP) is 5.07. The number of methoxy groups -OCH3 is 2. The third-order valence-electron chi connectivity index (χ3n) is 4.64. The average Bonchev–Trinajstić information content (AvgIpc) is 3.19. The molecule has 0 aliphatic heterocycles. The Balaban J connectivity index is 1.65. The Labute approximate surface area is 168 Å². The first-order valence-electron chi connectivity index (χ1n) is 9.08. The SMILES string of the molecule is COc1cc(OC)cc(C(=O)Nc2cc(-c3nc4ccccc4o3)ccc2C)c1. The van der Waals surface area contributed by atoms with Crippen LogP contribution in [-0.4, -0.2) is 25.1 Å². The van der Waals surface area contributed by atoms with Crippen molar-refractivity contribution < 1.29 is 18.7 Å². The van der Waals surface area contributed by atoms with E-state index in [-0.39, 0.29) is 5.91 Å². The number of para-hydroxylation sites is 2. The van der Waals surface area contributed by atoms with Crippen molar-refractivity contribution in [1.29, 1.82) is 0 Å². The molecule has 29 heavy (non-hydrogen) atoms. The van der Waals surface area contributed by atoms with E-state index in [0.717, 1.165) is 22.2 Å². The molecule has 0 radical (unpaired) electrons. The highest BCUT2D eigenvalue weighted by molar-refractivity contribution is 6.05. The molecule has 0 unspecified atom stereocenters. The van der Waals surface area contributed by atoms with Gasteiger partial charge in [0.15, 0.2) is 5.58 Å². The van der Waals surface area contributed by atoms with Crippen molar-refractivity contribution in [3.63, 3.8) is 0 Å². The molecule has 0 aliphatic rings. The number of ether oxygens (including phenoxy) is 2. The highest BCUT2D eigenvalue weighted by Crippen LogP contribution is 2.29. The van der Waals surface area contributed by atoms with Crippen molar-refractivity contribution in [3.8, 4) is 23.0 Å². The van der Waals surface area contributed by atoms with Crippen LogP contribution in [0.3, 0.4) is 0 Å². The largest absolute Gasteiger partial charge is 0.497 e. The minimum atomic E-state index is -0.264. The van der Waals surface area contributed by atoms with Gasteiger partial charge in [-0.15, -0.1) is 0 Å². The fourth-order valence-corrected chi connectivity index (χ4v) is 3.02. The minimum absolute atomic E-state index is 0.264. The molecule has 4 aromatic rings. The topological polar surface area (TPSA) is 73.6 Å². The van der Waals surface area contributed by atoms with Crippen molar-refractivity contribution in [1.82, 2.24) is 4.98 Å². The Kier molecular flexibility index (Phi) is 4.91. The van der Waals surface area contributed by atoms with Gasteiger partial charge in [0.2, 0.25) is 5.89 Å². The number of nitrogens with zero attached hydrogens (tertiary/aromatic N) is 1. The van der Waals surface area contributed by atoms with Gasteiger partial charge < -0.3 is 19.2 Å². The number of carbonyl (C=O) groups is 1. The first kappa shape index (κ1) is 18.6. The van der Waals surface area contributed by atoms with Gasteiger partial charge in [-0.1, -0.05) is 18.2 Å². The molecule has 146 valence electrons. The second kappa shape index (κ2) is 7.67. The summed E-state index contributed by atoms with van der Waals surface area (Å²) in [6, 6.07) is 18.3. The van der Waals surface area contributed by atoms with Crippen LogP contribution in [0.4, 0.5) is 5.69 Å². The molecule has 6 heteroatoms. The first-order chi connectivity index (χ1) is 14.1. The summed E-state index contributed by atoms with van der Waals surface area (Å²) in [4.78, 5) is 17.4. The molecule has 1 N–H and O–H groups in total. The van der Waals surface area contributed by atoms with Crippen LogP contribution >= 0.6 is 0 Å². The smallest absolute Gasteiger partial charge is 0.255 e. The van der Waals surface area contributed by atoms with E-state index in [2.05, 4.69) is 10.3 Å². The number of amides is 1. The molecule has 0 fully saturated rings. The number of hydrogen-bond donors (Lipinski definition) is 1. The van der Waals surface area contributed by atoms with Gasteiger partial charge in [0.25, 0.3) is 5.91 Å². The number of benzene rings is 3. The Hall–Kier alpha value is -3.80. The maximum atomic E-state index is 12.8. The van der Waals surface area contributed by atoms with Crippen molar-refractivity contribution in [2.45, 2.75) is 6.92 Å². The van der Waals surface area contributed by atoms with Crippen LogP contribution in [0.25, 0.3) is 22.6 Å².